The van der Waals surface area contributed by atoms with Crippen LogP contribution in [0.4, 0.5) is 0 Å². The Morgan fingerprint density at radius 2 is 2.00 bits per heavy atom. The van der Waals surface area contributed by atoms with Crippen LogP contribution in [0.2, 0.25) is 0 Å². The molecule has 0 bridgehead atoms. The minimum Gasteiger partial charge on any atom is -0.311 e. The van der Waals surface area contributed by atoms with Crippen LogP contribution in [-0.2, 0) is 6.54 Å². The molecule has 2 fully saturated rings. The zero-order chi connectivity index (χ0) is 14.7. The highest BCUT2D eigenvalue weighted by Crippen LogP contribution is 2.38. The molecule has 1 spiro atoms. The Morgan fingerprint density at radius 1 is 1.29 bits per heavy atom. The lowest BCUT2D eigenvalue weighted by molar-refractivity contribution is 0.0293. The van der Waals surface area contributed by atoms with E-state index < -0.39 is 0 Å². The second-order valence-corrected chi connectivity index (χ2v) is 7.18. The van der Waals surface area contributed by atoms with Gasteiger partial charge in [0.25, 0.3) is 0 Å². The normalized spacial score (nSPS) is 25.8. The molecule has 0 radical (unpaired) electrons. The summed E-state index contributed by atoms with van der Waals surface area (Å²) in [6.45, 7) is 7.79. The van der Waals surface area contributed by atoms with Crippen molar-refractivity contribution in [2.75, 3.05) is 13.1 Å². The van der Waals surface area contributed by atoms with Gasteiger partial charge in [0.15, 0.2) is 0 Å². The van der Waals surface area contributed by atoms with Gasteiger partial charge in [-0.05, 0) is 31.2 Å². The smallest absolute Gasteiger partial charge is 0.142 e. The molecular formula is C17H28N4. The lowest BCUT2D eigenvalue weighted by Gasteiger charge is -2.48. The molecule has 1 aromatic rings. The minimum atomic E-state index is 0.354. The Morgan fingerprint density at radius 3 is 2.67 bits per heavy atom. The third-order valence-corrected chi connectivity index (χ3v) is 5.07. The molecule has 1 aliphatic heterocycles. The number of aromatic nitrogens is 2. The summed E-state index contributed by atoms with van der Waals surface area (Å²) >= 11 is 0. The highest BCUT2D eigenvalue weighted by Gasteiger charge is 2.43. The molecule has 1 saturated heterocycles. The van der Waals surface area contributed by atoms with Crippen molar-refractivity contribution in [2.24, 2.45) is 5.92 Å². The second kappa shape index (κ2) is 6.41. The molecule has 4 nitrogen and oxygen atoms in total. The Bertz CT molecular complexity index is 439. The highest BCUT2D eigenvalue weighted by molar-refractivity contribution is 5.03. The first-order chi connectivity index (χ1) is 10.2. The van der Waals surface area contributed by atoms with Crippen LogP contribution < -0.4 is 5.32 Å². The monoisotopic (exact) mass is 288 g/mol. The predicted octanol–water partition coefficient (Wildman–Crippen LogP) is 2.61. The molecule has 4 heteroatoms. The summed E-state index contributed by atoms with van der Waals surface area (Å²) in [7, 11) is 0. The Hall–Kier alpha value is -1.00. The van der Waals surface area contributed by atoms with Crippen molar-refractivity contribution in [1.29, 1.82) is 0 Å². The minimum absolute atomic E-state index is 0.354. The molecule has 0 amide bonds. The summed E-state index contributed by atoms with van der Waals surface area (Å²) in [5.41, 5.74) is 0.354. The zero-order valence-electron chi connectivity index (χ0n) is 13.4. The van der Waals surface area contributed by atoms with Gasteiger partial charge in [-0.3, -0.25) is 4.90 Å². The number of rotatable bonds is 4. The summed E-state index contributed by atoms with van der Waals surface area (Å²) in [6, 6.07) is 2.51. The SMILES string of the molecule is CC(C)CC1CN(Cc2ncccn2)C2(CCCC2)CN1. The third-order valence-electron chi connectivity index (χ3n) is 5.07. The number of hydrogen-bond acceptors (Lipinski definition) is 4. The summed E-state index contributed by atoms with van der Waals surface area (Å²) in [6.07, 6.45) is 10.3. The maximum absolute atomic E-state index is 4.44. The quantitative estimate of drug-likeness (QED) is 0.924. The summed E-state index contributed by atoms with van der Waals surface area (Å²) in [5.74, 6) is 1.71. The van der Waals surface area contributed by atoms with Crippen molar-refractivity contribution >= 4 is 0 Å². The molecular weight excluding hydrogens is 260 g/mol. The van der Waals surface area contributed by atoms with E-state index in [1.807, 2.05) is 18.5 Å². The van der Waals surface area contributed by atoms with Crippen molar-refractivity contribution in [3.8, 4) is 0 Å². The molecule has 2 heterocycles. The molecule has 1 N–H and O–H groups in total. The van der Waals surface area contributed by atoms with Gasteiger partial charge in [0.05, 0.1) is 6.54 Å². The van der Waals surface area contributed by atoms with Crippen LogP contribution in [0.1, 0.15) is 51.8 Å². The molecule has 1 aromatic heterocycles. The van der Waals surface area contributed by atoms with Gasteiger partial charge >= 0.3 is 0 Å². The van der Waals surface area contributed by atoms with Gasteiger partial charge in [-0.25, -0.2) is 9.97 Å². The number of nitrogens with zero attached hydrogens (tertiary/aromatic N) is 3. The molecule has 3 rings (SSSR count). The first-order valence-corrected chi connectivity index (χ1v) is 8.42. The van der Waals surface area contributed by atoms with Gasteiger partial charge in [0.1, 0.15) is 5.82 Å². The molecule has 1 unspecified atom stereocenters. The van der Waals surface area contributed by atoms with Crippen LogP contribution in [0.5, 0.6) is 0 Å². The van der Waals surface area contributed by atoms with E-state index >= 15 is 0 Å². The first-order valence-electron chi connectivity index (χ1n) is 8.42. The number of hydrogen-bond donors (Lipinski definition) is 1. The van der Waals surface area contributed by atoms with E-state index in [0.29, 0.717) is 11.6 Å². The largest absolute Gasteiger partial charge is 0.311 e. The van der Waals surface area contributed by atoms with Gasteiger partial charge in [0, 0.05) is 37.1 Å². The average Bonchev–Trinajstić information content (AvgIpc) is 2.93. The maximum Gasteiger partial charge on any atom is 0.142 e. The van der Waals surface area contributed by atoms with Crippen molar-refractivity contribution in [2.45, 2.75) is 64.1 Å². The van der Waals surface area contributed by atoms with E-state index in [9.17, 15) is 0 Å². The van der Waals surface area contributed by atoms with Crippen LogP contribution in [0.3, 0.4) is 0 Å². The van der Waals surface area contributed by atoms with Crippen LogP contribution >= 0.6 is 0 Å². The lowest BCUT2D eigenvalue weighted by atomic mass is 9.89. The Labute approximate surface area is 128 Å². The zero-order valence-corrected chi connectivity index (χ0v) is 13.4. The van der Waals surface area contributed by atoms with Gasteiger partial charge in [-0.2, -0.15) is 0 Å². The van der Waals surface area contributed by atoms with Gasteiger partial charge < -0.3 is 5.32 Å². The Balaban J connectivity index is 1.73. The summed E-state index contributed by atoms with van der Waals surface area (Å²) < 4.78 is 0. The average molecular weight is 288 g/mol. The lowest BCUT2D eigenvalue weighted by Crippen LogP contribution is -2.63. The van der Waals surface area contributed by atoms with Crippen molar-refractivity contribution in [3.63, 3.8) is 0 Å². The van der Waals surface area contributed by atoms with E-state index in [1.165, 1.54) is 32.1 Å². The van der Waals surface area contributed by atoms with E-state index in [1.54, 1.807) is 0 Å². The van der Waals surface area contributed by atoms with Gasteiger partial charge in [-0.1, -0.05) is 26.7 Å². The molecule has 1 saturated carbocycles. The molecule has 0 aromatic carbocycles. The van der Waals surface area contributed by atoms with E-state index in [2.05, 4.69) is 34.0 Å². The summed E-state index contributed by atoms with van der Waals surface area (Å²) in [5, 5.41) is 3.82. The molecule has 21 heavy (non-hydrogen) atoms. The van der Waals surface area contributed by atoms with E-state index in [4.69, 9.17) is 0 Å². The summed E-state index contributed by atoms with van der Waals surface area (Å²) in [4.78, 5) is 11.6. The highest BCUT2D eigenvalue weighted by atomic mass is 15.3. The maximum atomic E-state index is 4.44. The first kappa shape index (κ1) is 14.9. The van der Waals surface area contributed by atoms with E-state index in [-0.39, 0.29) is 0 Å². The molecule has 1 aliphatic carbocycles. The fraction of sp³-hybridized carbons (Fsp3) is 0.765. The predicted molar refractivity (Wildman–Crippen MR) is 84.9 cm³/mol. The van der Waals surface area contributed by atoms with Crippen LogP contribution in [0.25, 0.3) is 0 Å². The van der Waals surface area contributed by atoms with Crippen molar-refractivity contribution in [1.82, 2.24) is 20.2 Å². The van der Waals surface area contributed by atoms with Crippen LogP contribution in [0, 0.1) is 5.92 Å². The molecule has 1 atom stereocenters. The number of piperazine rings is 1. The second-order valence-electron chi connectivity index (χ2n) is 7.18. The Kier molecular flexibility index (Phi) is 4.55. The third kappa shape index (κ3) is 3.43. The standard InChI is InChI=1S/C17H28N4/c1-14(2)10-15-11-21(12-16-18-8-5-9-19-16)17(13-20-15)6-3-4-7-17/h5,8-9,14-15,20H,3-4,6-7,10-13H2,1-2H3. The van der Waals surface area contributed by atoms with Crippen LogP contribution in [0.15, 0.2) is 18.5 Å². The van der Waals surface area contributed by atoms with Crippen LogP contribution in [-0.4, -0.2) is 39.5 Å². The fourth-order valence-corrected chi connectivity index (χ4v) is 4.04. The molecule has 2 aliphatic rings. The van der Waals surface area contributed by atoms with Gasteiger partial charge in [-0.15, -0.1) is 0 Å². The number of nitrogens with one attached hydrogen (secondary N) is 1. The van der Waals surface area contributed by atoms with Crippen molar-refractivity contribution in [3.05, 3.63) is 24.3 Å². The van der Waals surface area contributed by atoms with E-state index in [0.717, 1.165) is 31.4 Å². The topological polar surface area (TPSA) is 41.1 Å². The fourth-order valence-electron chi connectivity index (χ4n) is 4.04. The van der Waals surface area contributed by atoms with Crippen molar-refractivity contribution < 1.29 is 0 Å². The molecule has 116 valence electrons. The van der Waals surface area contributed by atoms with Gasteiger partial charge in [0.2, 0.25) is 0 Å².